The van der Waals surface area contributed by atoms with Crippen LogP contribution in [-0.2, 0) is 24.2 Å². The standard InChI is InChI=1S/C13H22N2O5S/c1-20-13(17)11-4-2-3-6-15(11)8-12(16)14-10-5-7-21(18,19)9-10/h10-11H,2-9H2,1H3,(H,14,16). The molecule has 2 saturated heterocycles. The van der Waals surface area contributed by atoms with Gasteiger partial charge >= 0.3 is 5.97 Å². The molecular formula is C13H22N2O5S. The lowest BCUT2D eigenvalue weighted by molar-refractivity contribution is -0.148. The number of amides is 1. The molecule has 8 heteroatoms. The number of piperidine rings is 1. The van der Waals surface area contributed by atoms with Gasteiger partial charge in [-0.3, -0.25) is 14.5 Å². The second-order valence-electron chi connectivity index (χ2n) is 5.67. The van der Waals surface area contributed by atoms with Gasteiger partial charge in [0.25, 0.3) is 0 Å². The van der Waals surface area contributed by atoms with Crippen LogP contribution < -0.4 is 5.32 Å². The van der Waals surface area contributed by atoms with Crippen molar-refractivity contribution < 1.29 is 22.7 Å². The van der Waals surface area contributed by atoms with Gasteiger partial charge in [0, 0.05) is 6.04 Å². The van der Waals surface area contributed by atoms with Crippen LogP contribution in [0.1, 0.15) is 25.7 Å². The fourth-order valence-corrected chi connectivity index (χ4v) is 4.62. The molecule has 120 valence electrons. The van der Waals surface area contributed by atoms with Gasteiger partial charge in [-0.2, -0.15) is 0 Å². The number of rotatable bonds is 4. The van der Waals surface area contributed by atoms with E-state index in [4.69, 9.17) is 4.74 Å². The number of hydrogen-bond acceptors (Lipinski definition) is 6. The van der Waals surface area contributed by atoms with Crippen molar-refractivity contribution in [3.63, 3.8) is 0 Å². The first kappa shape index (κ1) is 16.2. The topological polar surface area (TPSA) is 92.8 Å². The van der Waals surface area contributed by atoms with E-state index in [2.05, 4.69) is 5.32 Å². The third-order valence-electron chi connectivity index (χ3n) is 4.03. The molecule has 21 heavy (non-hydrogen) atoms. The second-order valence-corrected chi connectivity index (χ2v) is 7.90. The Bertz CT molecular complexity index is 505. The Morgan fingerprint density at radius 1 is 1.29 bits per heavy atom. The predicted octanol–water partition coefficient (Wildman–Crippen LogP) is -0.683. The zero-order chi connectivity index (χ0) is 15.5. The van der Waals surface area contributed by atoms with Crippen LogP contribution in [0.3, 0.4) is 0 Å². The number of likely N-dealkylation sites (tertiary alicyclic amines) is 1. The Kier molecular flexibility index (Phi) is 5.21. The normalized spacial score (nSPS) is 29.0. The van der Waals surface area contributed by atoms with Crippen LogP contribution in [0.15, 0.2) is 0 Å². The van der Waals surface area contributed by atoms with E-state index in [0.29, 0.717) is 19.4 Å². The number of nitrogens with zero attached hydrogens (tertiary/aromatic N) is 1. The number of ether oxygens (including phenoxy) is 1. The molecule has 1 N–H and O–H groups in total. The Balaban J connectivity index is 1.87. The van der Waals surface area contributed by atoms with E-state index in [1.807, 2.05) is 4.90 Å². The number of carbonyl (C=O) groups is 2. The Hall–Kier alpha value is -1.15. The molecule has 2 unspecified atom stereocenters. The lowest BCUT2D eigenvalue weighted by Gasteiger charge is -2.33. The number of esters is 1. The molecule has 0 aromatic heterocycles. The van der Waals surface area contributed by atoms with Crippen molar-refractivity contribution in [2.45, 2.75) is 37.8 Å². The molecule has 0 saturated carbocycles. The summed E-state index contributed by atoms with van der Waals surface area (Å²) in [5, 5.41) is 2.75. The van der Waals surface area contributed by atoms with Crippen LogP contribution in [0.4, 0.5) is 0 Å². The van der Waals surface area contributed by atoms with E-state index in [-0.39, 0.29) is 42.0 Å². The third-order valence-corrected chi connectivity index (χ3v) is 5.80. The van der Waals surface area contributed by atoms with Crippen molar-refractivity contribution in [1.82, 2.24) is 10.2 Å². The summed E-state index contributed by atoms with van der Waals surface area (Å²) in [6.07, 6.45) is 3.05. The zero-order valence-electron chi connectivity index (χ0n) is 12.2. The Labute approximate surface area is 124 Å². The predicted molar refractivity (Wildman–Crippen MR) is 76.4 cm³/mol. The zero-order valence-corrected chi connectivity index (χ0v) is 13.0. The highest BCUT2D eigenvalue weighted by molar-refractivity contribution is 7.91. The summed E-state index contributed by atoms with van der Waals surface area (Å²) in [6, 6.07) is -0.675. The minimum absolute atomic E-state index is 0.0131. The molecule has 0 bridgehead atoms. The summed E-state index contributed by atoms with van der Waals surface area (Å²) in [7, 11) is -1.66. The summed E-state index contributed by atoms with van der Waals surface area (Å²) >= 11 is 0. The van der Waals surface area contributed by atoms with E-state index in [1.165, 1.54) is 7.11 Å². The van der Waals surface area contributed by atoms with Crippen LogP contribution >= 0.6 is 0 Å². The van der Waals surface area contributed by atoms with Crippen molar-refractivity contribution in [2.24, 2.45) is 0 Å². The molecule has 2 fully saturated rings. The minimum Gasteiger partial charge on any atom is -0.468 e. The molecule has 2 heterocycles. The Morgan fingerprint density at radius 3 is 2.67 bits per heavy atom. The van der Waals surface area contributed by atoms with E-state index < -0.39 is 9.84 Å². The van der Waals surface area contributed by atoms with Gasteiger partial charge in [-0.1, -0.05) is 6.42 Å². The molecule has 2 rings (SSSR count). The maximum Gasteiger partial charge on any atom is 0.323 e. The minimum atomic E-state index is -3.00. The summed E-state index contributed by atoms with van der Waals surface area (Å²) in [4.78, 5) is 25.6. The quantitative estimate of drug-likeness (QED) is 0.690. The lowest BCUT2D eigenvalue weighted by Crippen LogP contribution is -2.50. The fourth-order valence-electron chi connectivity index (χ4n) is 2.95. The van der Waals surface area contributed by atoms with E-state index in [0.717, 1.165) is 12.8 Å². The van der Waals surface area contributed by atoms with Gasteiger partial charge < -0.3 is 10.1 Å². The average Bonchev–Trinajstić information content (AvgIpc) is 2.77. The molecule has 2 aliphatic rings. The van der Waals surface area contributed by atoms with Crippen molar-refractivity contribution in [3.05, 3.63) is 0 Å². The van der Waals surface area contributed by atoms with Crippen LogP contribution in [0.2, 0.25) is 0 Å². The van der Waals surface area contributed by atoms with Crippen molar-refractivity contribution >= 4 is 21.7 Å². The number of sulfone groups is 1. The Morgan fingerprint density at radius 2 is 2.05 bits per heavy atom. The summed E-state index contributed by atoms with van der Waals surface area (Å²) < 4.78 is 27.5. The van der Waals surface area contributed by atoms with Gasteiger partial charge in [-0.05, 0) is 25.8 Å². The van der Waals surface area contributed by atoms with Gasteiger partial charge in [0.2, 0.25) is 5.91 Å². The maximum absolute atomic E-state index is 12.0. The monoisotopic (exact) mass is 318 g/mol. The molecule has 0 radical (unpaired) electrons. The first-order chi connectivity index (χ1) is 9.91. The largest absolute Gasteiger partial charge is 0.468 e. The smallest absolute Gasteiger partial charge is 0.323 e. The molecule has 0 aliphatic carbocycles. The SMILES string of the molecule is COC(=O)C1CCCCN1CC(=O)NC1CCS(=O)(=O)C1. The van der Waals surface area contributed by atoms with E-state index >= 15 is 0 Å². The summed E-state index contributed by atoms with van der Waals surface area (Å²) in [5.41, 5.74) is 0. The van der Waals surface area contributed by atoms with Gasteiger partial charge in [0.15, 0.2) is 9.84 Å². The van der Waals surface area contributed by atoms with Crippen LogP contribution in [-0.4, -0.2) is 69.0 Å². The number of methoxy groups -OCH3 is 1. The van der Waals surface area contributed by atoms with Gasteiger partial charge in [0.05, 0.1) is 25.2 Å². The van der Waals surface area contributed by atoms with Crippen LogP contribution in [0, 0.1) is 0 Å². The highest BCUT2D eigenvalue weighted by atomic mass is 32.2. The molecule has 0 aromatic carbocycles. The fraction of sp³-hybridized carbons (Fsp3) is 0.846. The number of hydrogen-bond donors (Lipinski definition) is 1. The van der Waals surface area contributed by atoms with Crippen molar-refractivity contribution in [2.75, 3.05) is 31.7 Å². The molecular weight excluding hydrogens is 296 g/mol. The first-order valence-electron chi connectivity index (χ1n) is 7.23. The highest BCUT2D eigenvalue weighted by Gasteiger charge is 2.33. The van der Waals surface area contributed by atoms with Crippen LogP contribution in [0.5, 0.6) is 0 Å². The van der Waals surface area contributed by atoms with E-state index in [9.17, 15) is 18.0 Å². The molecule has 2 aliphatic heterocycles. The first-order valence-corrected chi connectivity index (χ1v) is 9.05. The third kappa shape index (κ3) is 4.41. The second kappa shape index (κ2) is 6.74. The summed E-state index contributed by atoms with van der Waals surface area (Å²) in [5.74, 6) is -0.398. The van der Waals surface area contributed by atoms with Gasteiger partial charge in [-0.15, -0.1) is 0 Å². The molecule has 7 nitrogen and oxygen atoms in total. The summed E-state index contributed by atoms with van der Waals surface area (Å²) in [6.45, 7) is 0.784. The number of carbonyl (C=O) groups excluding carboxylic acids is 2. The lowest BCUT2D eigenvalue weighted by atomic mass is 10.0. The molecule has 1 amide bonds. The molecule has 2 atom stereocenters. The number of nitrogens with one attached hydrogen (secondary N) is 1. The average molecular weight is 318 g/mol. The molecule has 0 aromatic rings. The van der Waals surface area contributed by atoms with Crippen LogP contribution in [0.25, 0.3) is 0 Å². The maximum atomic E-state index is 12.0. The van der Waals surface area contributed by atoms with Gasteiger partial charge in [0.1, 0.15) is 6.04 Å². The highest BCUT2D eigenvalue weighted by Crippen LogP contribution is 2.18. The molecule has 0 spiro atoms. The van der Waals surface area contributed by atoms with Crippen molar-refractivity contribution in [1.29, 1.82) is 0 Å². The van der Waals surface area contributed by atoms with E-state index in [1.54, 1.807) is 0 Å². The van der Waals surface area contributed by atoms with Gasteiger partial charge in [-0.25, -0.2) is 8.42 Å². The van der Waals surface area contributed by atoms with Crippen molar-refractivity contribution in [3.8, 4) is 0 Å².